The molecule has 0 bridgehead atoms. The normalized spacial score (nSPS) is 10.8. The van der Waals surface area contributed by atoms with Crippen LogP contribution in [0.3, 0.4) is 0 Å². The van der Waals surface area contributed by atoms with Crippen LogP contribution in [-0.2, 0) is 13.6 Å². The largest absolute Gasteiger partial charge is 0.326 e. The van der Waals surface area contributed by atoms with Crippen molar-refractivity contribution in [2.24, 2.45) is 12.8 Å². The van der Waals surface area contributed by atoms with Gasteiger partial charge in [0.15, 0.2) is 0 Å². The number of nitrogens with zero attached hydrogens (tertiary/aromatic N) is 2. The topological polar surface area (TPSA) is 43.8 Å². The second-order valence-electron chi connectivity index (χ2n) is 3.76. The van der Waals surface area contributed by atoms with Gasteiger partial charge in [-0.1, -0.05) is 29.4 Å². The van der Waals surface area contributed by atoms with Gasteiger partial charge in [-0.2, -0.15) is 5.10 Å². The van der Waals surface area contributed by atoms with Gasteiger partial charge in [-0.25, -0.2) is 0 Å². The molecule has 90 valence electrons. The summed E-state index contributed by atoms with van der Waals surface area (Å²) in [6.45, 7) is 2.48. The zero-order valence-electron chi connectivity index (χ0n) is 9.77. The Balaban J connectivity index is 2.36. The first-order valence-corrected chi connectivity index (χ1v) is 6.47. The van der Waals surface area contributed by atoms with E-state index in [1.165, 1.54) is 0 Å². The second kappa shape index (κ2) is 5.12. The van der Waals surface area contributed by atoms with Gasteiger partial charge in [0.25, 0.3) is 0 Å². The predicted molar refractivity (Wildman–Crippen MR) is 71.4 cm³/mol. The Morgan fingerprint density at radius 2 is 2.24 bits per heavy atom. The smallest absolute Gasteiger partial charge is 0.103 e. The summed E-state index contributed by atoms with van der Waals surface area (Å²) in [5, 5.41) is 6.20. The van der Waals surface area contributed by atoms with Gasteiger partial charge < -0.3 is 5.73 Å². The van der Waals surface area contributed by atoms with Crippen molar-refractivity contribution in [3.8, 4) is 0 Å². The van der Waals surface area contributed by atoms with Crippen molar-refractivity contribution in [1.82, 2.24) is 9.78 Å². The molecule has 0 saturated carbocycles. The molecule has 0 fully saturated rings. The molecular weight excluding hydrogens is 254 g/mol. The summed E-state index contributed by atoms with van der Waals surface area (Å²) >= 11 is 7.61. The van der Waals surface area contributed by atoms with Crippen LogP contribution in [0.5, 0.6) is 0 Å². The van der Waals surface area contributed by atoms with Gasteiger partial charge in [-0.05, 0) is 25.1 Å². The fourth-order valence-corrected chi connectivity index (χ4v) is 3.02. The van der Waals surface area contributed by atoms with Crippen molar-refractivity contribution < 1.29 is 0 Å². The van der Waals surface area contributed by atoms with Crippen molar-refractivity contribution in [1.29, 1.82) is 0 Å². The molecule has 0 saturated heterocycles. The minimum atomic E-state index is 0.503. The number of hydrogen-bond acceptors (Lipinski definition) is 3. The van der Waals surface area contributed by atoms with Crippen LogP contribution < -0.4 is 5.73 Å². The standard InChI is InChI=1S/C12H14ClN3S/c1-8-11(7-14)12(16(2)15-8)17-10-5-3-4-9(13)6-10/h3-6H,7,14H2,1-2H3. The summed E-state index contributed by atoms with van der Waals surface area (Å²) in [5.41, 5.74) is 7.84. The van der Waals surface area contributed by atoms with Gasteiger partial charge in [-0.15, -0.1) is 0 Å². The maximum Gasteiger partial charge on any atom is 0.103 e. The van der Waals surface area contributed by atoms with Crippen molar-refractivity contribution in [2.75, 3.05) is 0 Å². The van der Waals surface area contributed by atoms with E-state index in [0.29, 0.717) is 6.54 Å². The molecule has 1 aromatic carbocycles. The van der Waals surface area contributed by atoms with Crippen LogP contribution in [0, 0.1) is 6.92 Å². The molecule has 0 aliphatic carbocycles. The van der Waals surface area contributed by atoms with Crippen LogP contribution in [0.4, 0.5) is 0 Å². The Morgan fingerprint density at radius 3 is 2.88 bits per heavy atom. The average molecular weight is 268 g/mol. The molecule has 0 amide bonds. The van der Waals surface area contributed by atoms with Crippen LogP contribution in [0.25, 0.3) is 0 Å². The summed E-state index contributed by atoms with van der Waals surface area (Å²) in [6.07, 6.45) is 0. The summed E-state index contributed by atoms with van der Waals surface area (Å²) in [5.74, 6) is 0. The van der Waals surface area contributed by atoms with Crippen molar-refractivity contribution in [3.05, 3.63) is 40.5 Å². The summed E-state index contributed by atoms with van der Waals surface area (Å²) in [4.78, 5) is 1.09. The fraction of sp³-hybridized carbons (Fsp3) is 0.250. The lowest BCUT2D eigenvalue weighted by Gasteiger charge is -2.05. The second-order valence-corrected chi connectivity index (χ2v) is 5.25. The molecule has 2 rings (SSSR count). The highest BCUT2D eigenvalue weighted by molar-refractivity contribution is 7.99. The van der Waals surface area contributed by atoms with Crippen molar-refractivity contribution in [3.63, 3.8) is 0 Å². The van der Waals surface area contributed by atoms with E-state index < -0.39 is 0 Å². The van der Waals surface area contributed by atoms with E-state index in [0.717, 1.165) is 26.2 Å². The number of aromatic nitrogens is 2. The molecule has 0 aliphatic heterocycles. The average Bonchev–Trinajstić information content (AvgIpc) is 2.53. The van der Waals surface area contributed by atoms with Crippen LogP contribution >= 0.6 is 23.4 Å². The molecule has 1 aromatic heterocycles. The van der Waals surface area contributed by atoms with Gasteiger partial charge in [0.1, 0.15) is 5.03 Å². The Morgan fingerprint density at radius 1 is 1.47 bits per heavy atom. The monoisotopic (exact) mass is 267 g/mol. The third-order valence-electron chi connectivity index (χ3n) is 2.50. The zero-order valence-corrected chi connectivity index (χ0v) is 11.3. The summed E-state index contributed by atoms with van der Waals surface area (Å²) < 4.78 is 1.86. The molecule has 0 unspecified atom stereocenters. The van der Waals surface area contributed by atoms with Crippen molar-refractivity contribution in [2.45, 2.75) is 23.4 Å². The predicted octanol–water partition coefficient (Wildman–Crippen LogP) is 2.99. The molecule has 1 heterocycles. The SMILES string of the molecule is Cc1nn(C)c(Sc2cccc(Cl)c2)c1CN. The first kappa shape index (κ1) is 12.5. The molecule has 2 N–H and O–H groups in total. The maximum atomic E-state index is 5.97. The Labute approximate surface area is 110 Å². The number of nitrogens with two attached hydrogens (primary N) is 1. The summed E-state index contributed by atoms with van der Waals surface area (Å²) in [6, 6.07) is 7.77. The molecular formula is C12H14ClN3S. The number of hydrogen-bond donors (Lipinski definition) is 1. The molecule has 3 nitrogen and oxygen atoms in total. The molecule has 17 heavy (non-hydrogen) atoms. The highest BCUT2D eigenvalue weighted by Crippen LogP contribution is 2.32. The van der Waals surface area contributed by atoms with Gasteiger partial charge in [0.2, 0.25) is 0 Å². The van der Waals surface area contributed by atoms with Gasteiger partial charge in [0.05, 0.1) is 5.69 Å². The molecule has 0 aliphatic rings. The number of benzene rings is 1. The lowest BCUT2D eigenvalue weighted by atomic mass is 10.3. The molecule has 0 spiro atoms. The van der Waals surface area contributed by atoms with E-state index in [4.69, 9.17) is 17.3 Å². The number of rotatable bonds is 3. The molecule has 0 radical (unpaired) electrons. The first-order valence-electron chi connectivity index (χ1n) is 5.27. The summed E-state index contributed by atoms with van der Waals surface area (Å²) in [7, 11) is 1.93. The number of aryl methyl sites for hydroxylation is 2. The van der Waals surface area contributed by atoms with E-state index in [1.807, 2.05) is 42.9 Å². The lowest BCUT2D eigenvalue weighted by molar-refractivity contribution is 0.688. The Kier molecular flexibility index (Phi) is 3.76. The quantitative estimate of drug-likeness (QED) is 0.930. The lowest BCUT2D eigenvalue weighted by Crippen LogP contribution is -1.99. The van der Waals surface area contributed by atoms with Crippen LogP contribution in [0.15, 0.2) is 34.2 Å². The Hall–Kier alpha value is -0.970. The molecule has 0 atom stereocenters. The minimum Gasteiger partial charge on any atom is -0.326 e. The maximum absolute atomic E-state index is 5.97. The molecule has 5 heteroatoms. The van der Waals surface area contributed by atoms with Gasteiger partial charge >= 0.3 is 0 Å². The Bertz CT molecular complexity index is 537. The first-order chi connectivity index (χ1) is 8.11. The zero-order chi connectivity index (χ0) is 12.4. The molecule has 2 aromatic rings. The third kappa shape index (κ3) is 2.65. The van der Waals surface area contributed by atoms with E-state index in [2.05, 4.69) is 5.10 Å². The van der Waals surface area contributed by atoms with Gasteiger partial charge in [-0.3, -0.25) is 4.68 Å². The van der Waals surface area contributed by atoms with E-state index >= 15 is 0 Å². The minimum absolute atomic E-state index is 0.503. The fourth-order valence-electron chi connectivity index (χ4n) is 1.69. The third-order valence-corrected chi connectivity index (χ3v) is 3.93. The number of halogens is 1. The van der Waals surface area contributed by atoms with Crippen LogP contribution in [0.2, 0.25) is 5.02 Å². The van der Waals surface area contributed by atoms with Crippen LogP contribution in [-0.4, -0.2) is 9.78 Å². The van der Waals surface area contributed by atoms with Gasteiger partial charge in [0, 0.05) is 29.1 Å². The van der Waals surface area contributed by atoms with E-state index in [-0.39, 0.29) is 0 Å². The highest BCUT2D eigenvalue weighted by atomic mass is 35.5. The van der Waals surface area contributed by atoms with Crippen molar-refractivity contribution >= 4 is 23.4 Å². The van der Waals surface area contributed by atoms with E-state index in [1.54, 1.807) is 11.8 Å². The van der Waals surface area contributed by atoms with Crippen LogP contribution in [0.1, 0.15) is 11.3 Å². The highest BCUT2D eigenvalue weighted by Gasteiger charge is 2.13. The van der Waals surface area contributed by atoms with E-state index in [9.17, 15) is 0 Å².